The van der Waals surface area contributed by atoms with Crippen molar-refractivity contribution in [2.45, 2.75) is 29.7 Å². The van der Waals surface area contributed by atoms with Crippen molar-refractivity contribution in [3.63, 3.8) is 0 Å². The van der Waals surface area contributed by atoms with Crippen LogP contribution < -0.4 is 0 Å². The average molecular weight is 234 g/mol. The van der Waals surface area contributed by atoms with Crippen LogP contribution in [0.4, 0.5) is 0 Å². The fourth-order valence-electron chi connectivity index (χ4n) is 0. The molecule has 0 saturated carbocycles. The van der Waals surface area contributed by atoms with Gasteiger partial charge in [0.05, 0.1) is 0 Å². The molecule has 0 amide bonds. The predicted molar refractivity (Wildman–Crippen MR) is 49.1 cm³/mol. The third-order valence-corrected chi connectivity index (χ3v) is 0. The van der Waals surface area contributed by atoms with Gasteiger partial charge in [0.2, 0.25) is 0 Å². The van der Waals surface area contributed by atoms with E-state index in [9.17, 15) is 0 Å². The monoisotopic (exact) mass is 234 g/mol. The van der Waals surface area contributed by atoms with Gasteiger partial charge in [0.25, 0.3) is 0 Å². The molecule has 58 valence electrons. The van der Waals surface area contributed by atoms with Crippen molar-refractivity contribution in [1.82, 2.24) is 0 Å². The zero-order chi connectivity index (χ0) is 0. The van der Waals surface area contributed by atoms with E-state index in [0.29, 0.717) is 0 Å². The van der Waals surface area contributed by atoms with E-state index >= 15 is 0 Å². The van der Waals surface area contributed by atoms with Gasteiger partial charge in [-0.3, -0.25) is 0 Å². The molecule has 0 aliphatic heterocycles. The van der Waals surface area contributed by atoms with Crippen molar-refractivity contribution in [2.24, 2.45) is 0 Å². The minimum absolute atomic E-state index is 0. The molecule has 0 nitrogen and oxygen atoms in total. The van der Waals surface area contributed by atoms with Crippen molar-refractivity contribution in [1.29, 1.82) is 0 Å². The maximum Gasteiger partial charge on any atom is 0 e. The number of hydrogen-bond acceptors (Lipinski definition) is 0. The molecule has 0 heterocycles. The molecule has 0 N–H and O–H groups in total. The molecule has 2 radical (unpaired) electrons. The molecule has 0 aromatic heterocycles. The van der Waals surface area contributed by atoms with Gasteiger partial charge in [-0.15, -0.1) is 0 Å². The first kappa shape index (κ1) is 199. The zero-order valence-electron chi connectivity index (χ0n) is 2.31. The molecule has 0 saturated heterocycles. The van der Waals surface area contributed by atoms with Gasteiger partial charge < -0.3 is 0 Å². The van der Waals surface area contributed by atoms with Crippen LogP contribution in [-0.2, 0) is 37.1 Å². The van der Waals surface area contributed by atoms with Crippen LogP contribution in [0, 0.1) is 0 Å². The summed E-state index contributed by atoms with van der Waals surface area (Å²) in [6, 6.07) is 0. The minimum atomic E-state index is 0. The van der Waals surface area contributed by atoms with Gasteiger partial charge in [0, 0.05) is 37.1 Å². The molecule has 4 heteroatoms. The fraction of sp³-hybridized carbons (Fsp3) is 1.00. The van der Waals surface area contributed by atoms with E-state index in [1.165, 1.54) is 0 Å². The molecule has 2 unspecified atom stereocenters. The van der Waals surface area contributed by atoms with Crippen LogP contribution in [0.2, 0.25) is 0 Å². The van der Waals surface area contributed by atoms with E-state index in [1.54, 1.807) is 0 Å². The minimum Gasteiger partial charge on any atom is -0.153 e. The van der Waals surface area contributed by atoms with E-state index in [-0.39, 0.29) is 86.6 Å². The summed E-state index contributed by atoms with van der Waals surface area (Å²) in [6.07, 6.45) is 0. The van der Waals surface area contributed by atoms with Gasteiger partial charge in [-0.1, -0.05) is 29.7 Å². The van der Waals surface area contributed by atoms with Crippen molar-refractivity contribution in [2.75, 3.05) is 0 Å². The van der Waals surface area contributed by atoms with E-state index in [1.807, 2.05) is 0 Å². The normalized spacial score (nSPS) is 0. The third kappa shape index (κ3) is 96.4. The SMILES string of the molecule is C.C.C.C.P.P.[V].[V]. The van der Waals surface area contributed by atoms with Crippen LogP contribution in [0.5, 0.6) is 0 Å². The second kappa shape index (κ2) is 141. The molecule has 0 aromatic rings. The summed E-state index contributed by atoms with van der Waals surface area (Å²) in [4.78, 5) is 0. The summed E-state index contributed by atoms with van der Waals surface area (Å²) in [7, 11) is 0. The Morgan fingerprint density at radius 1 is 0.375 bits per heavy atom. The third-order valence-electron chi connectivity index (χ3n) is 0. The maximum atomic E-state index is 0. The summed E-state index contributed by atoms with van der Waals surface area (Å²) < 4.78 is 0. The predicted octanol–water partition coefficient (Wildman–Crippen LogP) is 2.66. The smallest absolute Gasteiger partial charge is 0 e. The van der Waals surface area contributed by atoms with Crippen LogP contribution in [0.1, 0.15) is 29.7 Å². The molecule has 8 heavy (non-hydrogen) atoms. The Hall–Kier alpha value is 2.03. The Balaban J connectivity index is 0. The van der Waals surface area contributed by atoms with Gasteiger partial charge in [0.15, 0.2) is 0 Å². The molecule has 0 fully saturated rings. The Labute approximate surface area is 86.4 Å². The Bertz CT molecular complexity index is 12.0. The number of rotatable bonds is 0. The topological polar surface area (TPSA) is 0 Å². The molecule has 0 aliphatic carbocycles. The Morgan fingerprint density at radius 3 is 0.375 bits per heavy atom. The molecule has 0 aromatic carbocycles. The largest absolute Gasteiger partial charge is 0.153 e. The van der Waals surface area contributed by atoms with Crippen molar-refractivity contribution in [3.8, 4) is 0 Å². The van der Waals surface area contributed by atoms with E-state index in [4.69, 9.17) is 0 Å². The van der Waals surface area contributed by atoms with Gasteiger partial charge in [-0.05, 0) is 0 Å². The molecule has 0 spiro atoms. The van der Waals surface area contributed by atoms with Crippen LogP contribution >= 0.6 is 19.8 Å². The Kier molecular flexibility index (Phi) is 3510. The first-order chi connectivity index (χ1) is 0. The summed E-state index contributed by atoms with van der Waals surface area (Å²) in [5.74, 6) is 0. The van der Waals surface area contributed by atoms with Crippen LogP contribution in [-0.4, -0.2) is 0 Å². The summed E-state index contributed by atoms with van der Waals surface area (Å²) >= 11 is 0. The molecular weight excluding hydrogens is 212 g/mol. The first-order valence-electron chi connectivity index (χ1n) is 0. The van der Waals surface area contributed by atoms with Crippen LogP contribution in [0.25, 0.3) is 0 Å². The Morgan fingerprint density at radius 2 is 0.375 bits per heavy atom. The summed E-state index contributed by atoms with van der Waals surface area (Å²) in [5, 5.41) is 0. The van der Waals surface area contributed by atoms with E-state index in [0.717, 1.165) is 0 Å². The van der Waals surface area contributed by atoms with E-state index < -0.39 is 0 Å². The zero-order valence-corrected chi connectivity index (χ0v) is 7.93. The molecule has 2 atom stereocenters. The second-order valence-corrected chi connectivity index (χ2v) is 0. The summed E-state index contributed by atoms with van der Waals surface area (Å²) in [5.41, 5.74) is 0. The molecule has 0 rings (SSSR count). The van der Waals surface area contributed by atoms with Gasteiger partial charge >= 0.3 is 0 Å². The van der Waals surface area contributed by atoms with E-state index in [2.05, 4.69) is 0 Å². The summed E-state index contributed by atoms with van der Waals surface area (Å²) in [6.45, 7) is 0. The van der Waals surface area contributed by atoms with Gasteiger partial charge in [-0.2, -0.15) is 19.8 Å². The standard InChI is InChI=1S/4CH4.2H3P.2V/h4*1H4;2*1H3;;. The fourth-order valence-corrected chi connectivity index (χ4v) is 0. The van der Waals surface area contributed by atoms with Crippen molar-refractivity contribution < 1.29 is 37.1 Å². The van der Waals surface area contributed by atoms with Gasteiger partial charge in [-0.25, -0.2) is 0 Å². The van der Waals surface area contributed by atoms with Crippen molar-refractivity contribution in [3.05, 3.63) is 0 Å². The van der Waals surface area contributed by atoms with Crippen LogP contribution in [0.15, 0.2) is 0 Å². The molecular formula is C4H22P2V2. The number of hydrogen-bond donors (Lipinski definition) is 0. The second-order valence-electron chi connectivity index (χ2n) is 0. The van der Waals surface area contributed by atoms with Crippen LogP contribution in [0.3, 0.4) is 0 Å². The quantitative estimate of drug-likeness (QED) is 0.565. The molecule has 0 bridgehead atoms. The first-order valence-corrected chi connectivity index (χ1v) is 0. The van der Waals surface area contributed by atoms with Gasteiger partial charge in [0.1, 0.15) is 0 Å². The average Bonchev–Trinajstić information content (AvgIpc) is 0. The van der Waals surface area contributed by atoms with Crippen molar-refractivity contribution >= 4 is 19.8 Å². The maximum absolute atomic E-state index is 0. The molecule has 0 aliphatic rings.